The van der Waals surface area contributed by atoms with Crippen LogP contribution < -0.4 is 0 Å². The van der Waals surface area contributed by atoms with Crippen LogP contribution in [0.5, 0.6) is 0 Å². The summed E-state index contributed by atoms with van der Waals surface area (Å²) in [6.45, 7) is 4.31. The molecule has 0 amide bonds. The lowest BCUT2D eigenvalue weighted by molar-refractivity contribution is -0.141. The number of rotatable bonds is 2. The van der Waals surface area contributed by atoms with Crippen molar-refractivity contribution in [3.63, 3.8) is 0 Å². The average molecular weight is 234 g/mol. The summed E-state index contributed by atoms with van der Waals surface area (Å²) >= 11 is 0. The smallest absolute Gasteiger partial charge is 0.123 e. The number of aliphatic hydroxyl groups excluding tert-OH is 1. The lowest BCUT2D eigenvalue weighted by Gasteiger charge is -2.57. The standard InChI is InChI=1S/C15H19FO/c1-3-15(4-2)13-11-6-5-10(16)7-9(11)8-12(13)14(15)17/h5-7,12-14,17H,3-4,8H2,1-2H3. The maximum absolute atomic E-state index is 13.2. The molecule has 0 bridgehead atoms. The van der Waals surface area contributed by atoms with Crippen LogP contribution in [0.15, 0.2) is 18.2 Å². The van der Waals surface area contributed by atoms with Crippen LogP contribution in [0.1, 0.15) is 43.7 Å². The van der Waals surface area contributed by atoms with Crippen molar-refractivity contribution in [2.24, 2.45) is 11.3 Å². The van der Waals surface area contributed by atoms with Gasteiger partial charge >= 0.3 is 0 Å². The van der Waals surface area contributed by atoms with Gasteiger partial charge in [0.1, 0.15) is 5.82 Å². The van der Waals surface area contributed by atoms with Crippen molar-refractivity contribution in [1.82, 2.24) is 0 Å². The van der Waals surface area contributed by atoms with Gasteiger partial charge in [-0.1, -0.05) is 19.9 Å². The zero-order valence-corrected chi connectivity index (χ0v) is 10.4. The van der Waals surface area contributed by atoms with Crippen molar-refractivity contribution in [1.29, 1.82) is 0 Å². The third-order valence-electron chi connectivity index (χ3n) is 5.25. The van der Waals surface area contributed by atoms with Crippen molar-refractivity contribution in [3.8, 4) is 0 Å². The van der Waals surface area contributed by atoms with Crippen molar-refractivity contribution in [2.45, 2.75) is 45.1 Å². The van der Waals surface area contributed by atoms with E-state index < -0.39 is 0 Å². The Hall–Kier alpha value is -0.890. The molecule has 1 aromatic carbocycles. The van der Waals surface area contributed by atoms with Gasteiger partial charge in [0.15, 0.2) is 0 Å². The number of aliphatic hydroxyl groups is 1. The van der Waals surface area contributed by atoms with Crippen molar-refractivity contribution in [3.05, 3.63) is 35.1 Å². The van der Waals surface area contributed by atoms with Crippen LogP contribution in [0.4, 0.5) is 4.39 Å². The molecule has 17 heavy (non-hydrogen) atoms. The molecule has 2 heteroatoms. The van der Waals surface area contributed by atoms with Gasteiger partial charge in [-0.15, -0.1) is 0 Å². The predicted molar refractivity (Wildman–Crippen MR) is 65.4 cm³/mol. The van der Waals surface area contributed by atoms with Crippen molar-refractivity contribution < 1.29 is 9.50 Å². The highest BCUT2D eigenvalue weighted by Crippen LogP contribution is 2.65. The van der Waals surface area contributed by atoms with Crippen LogP contribution in [0.2, 0.25) is 0 Å². The highest BCUT2D eigenvalue weighted by molar-refractivity contribution is 5.43. The topological polar surface area (TPSA) is 20.2 Å². The molecule has 3 unspecified atom stereocenters. The summed E-state index contributed by atoms with van der Waals surface area (Å²) in [6.07, 6.45) is 2.64. The Labute approximate surface area is 102 Å². The second-order valence-electron chi connectivity index (χ2n) is 5.57. The molecule has 1 fully saturated rings. The quantitative estimate of drug-likeness (QED) is 0.832. The number of fused-ring (bicyclic) bond motifs is 3. The van der Waals surface area contributed by atoms with E-state index in [1.165, 1.54) is 5.56 Å². The summed E-state index contributed by atoms with van der Waals surface area (Å²) < 4.78 is 13.2. The van der Waals surface area contributed by atoms with E-state index in [0.29, 0.717) is 11.8 Å². The average Bonchev–Trinajstić information content (AvgIpc) is 2.67. The summed E-state index contributed by atoms with van der Waals surface area (Å²) in [6, 6.07) is 5.14. The van der Waals surface area contributed by atoms with E-state index in [-0.39, 0.29) is 17.3 Å². The monoisotopic (exact) mass is 234 g/mol. The Morgan fingerprint density at radius 2 is 2.06 bits per heavy atom. The molecule has 0 heterocycles. The first kappa shape index (κ1) is 11.2. The molecule has 0 spiro atoms. The third kappa shape index (κ3) is 1.22. The molecule has 1 nitrogen and oxygen atoms in total. The molecule has 3 rings (SSSR count). The van der Waals surface area contributed by atoms with Gasteiger partial charge in [0.05, 0.1) is 6.10 Å². The molecule has 2 aliphatic carbocycles. The van der Waals surface area contributed by atoms with Gasteiger partial charge in [-0.05, 0) is 54.4 Å². The van der Waals surface area contributed by atoms with Crippen LogP contribution >= 0.6 is 0 Å². The third-order valence-corrected chi connectivity index (χ3v) is 5.25. The zero-order chi connectivity index (χ0) is 12.2. The van der Waals surface area contributed by atoms with Crippen LogP contribution in [-0.2, 0) is 6.42 Å². The Bertz CT molecular complexity index is 450. The first-order chi connectivity index (χ1) is 8.14. The number of halogens is 1. The first-order valence-electron chi connectivity index (χ1n) is 6.60. The lowest BCUT2D eigenvalue weighted by atomic mass is 9.49. The Balaban J connectivity index is 2.05. The summed E-state index contributed by atoms with van der Waals surface area (Å²) in [7, 11) is 0. The molecule has 3 atom stereocenters. The molecule has 0 aliphatic heterocycles. The second-order valence-corrected chi connectivity index (χ2v) is 5.57. The van der Waals surface area contributed by atoms with Crippen molar-refractivity contribution >= 4 is 0 Å². The van der Waals surface area contributed by atoms with Gasteiger partial charge in [-0.25, -0.2) is 4.39 Å². The molecule has 0 saturated heterocycles. The number of hydrogen-bond acceptors (Lipinski definition) is 1. The molecule has 1 aromatic rings. The highest BCUT2D eigenvalue weighted by atomic mass is 19.1. The number of benzene rings is 1. The first-order valence-corrected chi connectivity index (χ1v) is 6.60. The van der Waals surface area contributed by atoms with Gasteiger partial charge in [-0.3, -0.25) is 0 Å². The Morgan fingerprint density at radius 1 is 1.35 bits per heavy atom. The largest absolute Gasteiger partial charge is 0.392 e. The normalized spacial score (nSPS) is 32.8. The highest BCUT2D eigenvalue weighted by Gasteiger charge is 2.62. The van der Waals surface area contributed by atoms with E-state index in [2.05, 4.69) is 13.8 Å². The van der Waals surface area contributed by atoms with E-state index in [1.54, 1.807) is 12.1 Å². The lowest BCUT2D eigenvalue weighted by Crippen LogP contribution is -2.57. The van der Waals surface area contributed by atoms with Gasteiger partial charge in [0, 0.05) is 5.41 Å². The maximum atomic E-state index is 13.2. The second kappa shape index (κ2) is 3.55. The molecular formula is C15H19FO. The van der Waals surface area contributed by atoms with E-state index in [0.717, 1.165) is 24.8 Å². The van der Waals surface area contributed by atoms with E-state index in [9.17, 15) is 9.50 Å². The summed E-state index contributed by atoms with van der Waals surface area (Å²) in [5.41, 5.74) is 2.43. The number of hydrogen-bond donors (Lipinski definition) is 1. The molecule has 1 saturated carbocycles. The van der Waals surface area contributed by atoms with Crippen LogP contribution in [0.3, 0.4) is 0 Å². The minimum Gasteiger partial charge on any atom is -0.392 e. The minimum absolute atomic E-state index is 0.0355. The van der Waals surface area contributed by atoms with Crippen molar-refractivity contribution in [2.75, 3.05) is 0 Å². The molecule has 1 N–H and O–H groups in total. The molecular weight excluding hydrogens is 215 g/mol. The van der Waals surface area contributed by atoms with E-state index in [4.69, 9.17) is 0 Å². The van der Waals surface area contributed by atoms with Gasteiger partial charge < -0.3 is 5.11 Å². The Kier molecular flexibility index (Phi) is 2.34. The molecule has 0 aromatic heterocycles. The fourth-order valence-electron chi connectivity index (χ4n) is 4.29. The predicted octanol–water partition coefficient (Wildman–Crippen LogP) is 3.26. The minimum atomic E-state index is -0.210. The van der Waals surface area contributed by atoms with Gasteiger partial charge in [0.2, 0.25) is 0 Å². The molecule has 92 valence electrons. The van der Waals surface area contributed by atoms with Gasteiger partial charge in [0.25, 0.3) is 0 Å². The van der Waals surface area contributed by atoms with Crippen LogP contribution in [0, 0.1) is 17.2 Å². The van der Waals surface area contributed by atoms with Gasteiger partial charge in [-0.2, -0.15) is 0 Å². The molecule has 2 aliphatic rings. The summed E-state index contributed by atoms with van der Waals surface area (Å²) in [4.78, 5) is 0. The fraction of sp³-hybridized carbons (Fsp3) is 0.600. The molecule has 0 radical (unpaired) electrons. The maximum Gasteiger partial charge on any atom is 0.123 e. The van der Waals surface area contributed by atoms with E-state index >= 15 is 0 Å². The fourth-order valence-corrected chi connectivity index (χ4v) is 4.29. The van der Waals surface area contributed by atoms with Crippen LogP contribution in [0.25, 0.3) is 0 Å². The Morgan fingerprint density at radius 3 is 2.71 bits per heavy atom. The summed E-state index contributed by atoms with van der Waals surface area (Å²) in [5, 5.41) is 10.4. The van der Waals surface area contributed by atoms with E-state index in [1.807, 2.05) is 6.07 Å². The summed E-state index contributed by atoms with van der Waals surface area (Å²) in [5.74, 6) is 0.618. The zero-order valence-electron chi connectivity index (χ0n) is 10.4. The van der Waals surface area contributed by atoms with Crippen LogP contribution in [-0.4, -0.2) is 11.2 Å². The SMILES string of the molecule is CCC1(CC)C(O)C2Cc3cc(F)ccc3C21.